The van der Waals surface area contributed by atoms with Gasteiger partial charge < -0.3 is 4.74 Å². The van der Waals surface area contributed by atoms with E-state index in [0.29, 0.717) is 18.5 Å². The molecule has 2 aliphatic rings. The molecule has 1 unspecified atom stereocenters. The van der Waals surface area contributed by atoms with Crippen LogP contribution in [0.1, 0.15) is 35.3 Å². The Balaban J connectivity index is 1.85. The number of ether oxygens (including phenoxy) is 1. The van der Waals surface area contributed by atoms with E-state index in [9.17, 15) is 18.0 Å². The second-order valence-corrected chi connectivity index (χ2v) is 5.32. The van der Waals surface area contributed by atoms with Gasteiger partial charge in [-0.15, -0.1) is 0 Å². The molecular weight excluding hydrogens is 261 g/mol. The predicted octanol–water partition coefficient (Wildman–Crippen LogP) is 2.17. The van der Waals surface area contributed by atoms with Gasteiger partial charge in [-0.2, -0.15) is 18.3 Å². The first-order valence-electron chi connectivity index (χ1n) is 6.01. The Hall–Kier alpha value is -1.37. The summed E-state index contributed by atoms with van der Waals surface area (Å²) in [6.45, 7) is 1.61. The number of halogens is 3. The van der Waals surface area contributed by atoms with Gasteiger partial charge in [-0.25, -0.2) is 0 Å². The predicted molar refractivity (Wildman–Crippen MR) is 58.7 cm³/mol. The van der Waals surface area contributed by atoms with Gasteiger partial charge in [0, 0.05) is 13.2 Å². The van der Waals surface area contributed by atoms with Crippen LogP contribution in [0, 0.1) is 6.92 Å². The van der Waals surface area contributed by atoms with E-state index in [1.165, 1.54) is 10.9 Å². The highest BCUT2D eigenvalue weighted by Crippen LogP contribution is 2.71. The number of nitrogens with zero attached hydrogens (tertiary/aromatic N) is 2. The number of rotatable bonds is 3. The van der Waals surface area contributed by atoms with Crippen LogP contribution >= 0.6 is 0 Å². The number of epoxide rings is 1. The van der Waals surface area contributed by atoms with E-state index in [4.69, 9.17) is 4.74 Å². The van der Waals surface area contributed by atoms with Gasteiger partial charge in [-0.1, -0.05) is 0 Å². The number of hydrogen-bond acceptors (Lipinski definition) is 3. The minimum absolute atomic E-state index is 0.234. The molecule has 3 rings (SSSR count). The molecule has 0 N–H and O–H groups in total. The zero-order valence-corrected chi connectivity index (χ0v) is 10.5. The lowest BCUT2D eigenvalue weighted by atomic mass is 9.93. The third kappa shape index (κ3) is 1.64. The van der Waals surface area contributed by atoms with Crippen molar-refractivity contribution in [1.82, 2.24) is 9.78 Å². The van der Waals surface area contributed by atoms with E-state index in [2.05, 4.69) is 5.10 Å². The van der Waals surface area contributed by atoms with Crippen LogP contribution in [-0.4, -0.2) is 32.9 Å². The second kappa shape index (κ2) is 3.39. The number of hydrogen-bond donors (Lipinski definition) is 0. The van der Waals surface area contributed by atoms with Crippen LogP contribution < -0.4 is 0 Å². The monoisotopic (exact) mass is 274 g/mol. The Kier molecular flexibility index (Phi) is 2.26. The summed E-state index contributed by atoms with van der Waals surface area (Å²) in [5.74, 6) is -0.563. The molecule has 1 aromatic rings. The number of aryl methyl sites for hydroxylation is 2. The van der Waals surface area contributed by atoms with Crippen molar-refractivity contribution < 1.29 is 22.7 Å². The van der Waals surface area contributed by atoms with Gasteiger partial charge in [0.05, 0.1) is 17.7 Å². The maximum atomic E-state index is 13.1. The number of carbonyl (C=O) groups excluding carboxylic acids is 1. The first-order valence-corrected chi connectivity index (χ1v) is 6.01. The molecule has 1 aliphatic heterocycles. The smallest absolute Gasteiger partial charge is 0.352 e. The minimum Gasteiger partial charge on any atom is -0.352 e. The van der Waals surface area contributed by atoms with Gasteiger partial charge in [0.1, 0.15) is 5.60 Å². The molecule has 0 bridgehead atoms. The topological polar surface area (TPSA) is 47.4 Å². The van der Waals surface area contributed by atoms with Crippen LogP contribution in [0.2, 0.25) is 0 Å². The Labute approximate surface area is 107 Å². The van der Waals surface area contributed by atoms with Crippen molar-refractivity contribution in [2.45, 2.75) is 43.6 Å². The molecule has 0 aromatic carbocycles. The fourth-order valence-corrected chi connectivity index (χ4v) is 2.74. The number of carbonyl (C=O) groups is 1. The number of aromatic nitrogens is 2. The molecule has 4 nitrogen and oxygen atoms in total. The van der Waals surface area contributed by atoms with Crippen molar-refractivity contribution in [3.8, 4) is 0 Å². The fourth-order valence-electron chi connectivity index (χ4n) is 2.74. The SMILES string of the molecule is Cc1nn(C)cc1C(=O)CC1(C(F)(F)F)OC12CC2. The Morgan fingerprint density at radius 1 is 1.53 bits per heavy atom. The summed E-state index contributed by atoms with van der Waals surface area (Å²) in [6, 6.07) is 0. The van der Waals surface area contributed by atoms with Crippen molar-refractivity contribution in [2.24, 2.45) is 7.05 Å². The second-order valence-electron chi connectivity index (χ2n) is 5.32. The van der Waals surface area contributed by atoms with E-state index >= 15 is 0 Å². The summed E-state index contributed by atoms with van der Waals surface area (Å²) in [4.78, 5) is 12.1. The molecule has 19 heavy (non-hydrogen) atoms. The maximum Gasteiger partial charge on any atom is 0.420 e. The molecule has 1 aliphatic carbocycles. The van der Waals surface area contributed by atoms with Crippen LogP contribution in [0.3, 0.4) is 0 Å². The van der Waals surface area contributed by atoms with E-state index in [1.54, 1.807) is 14.0 Å². The van der Waals surface area contributed by atoms with Crippen molar-refractivity contribution in [3.63, 3.8) is 0 Å². The molecule has 1 spiro atoms. The summed E-state index contributed by atoms with van der Waals surface area (Å²) in [5.41, 5.74) is -2.70. The van der Waals surface area contributed by atoms with Crippen molar-refractivity contribution in [3.05, 3.63) is 17.5 Å². The summed E-state index contributed by atoms with van der Waals surface area (Å²) >= 11 is 0. The van der Waals surface area contributed by atoms with E-state index < -0.39 is 29.6 Å². The Morgan fingerprint density at radius 2 is 2.16 bits per heavy atom. The summed E-state index contributed by atoms with van der Waals surface area (Å²) < 4.78 is 45.7. The molecule has 104 valence electrons. The zero-order valence-electron chi connectivity index (χ0n) is 10.5. The number of alkyl halides is 3. The first-order chi connectivity index (χ1) is 8.71. The molecule has 2 fully saturated rings. The van der Waals surface area contributed by atoms with Gasteiger partial charge in [-0.05, 0) is 19.8 Å². The third-order valence-electron chi connectivity index (χ3n) is 3.95. The van der Waals surface area contributed by atoms with Gasteiger partial charge >= 0.3 is 6.18 Å². The average Bonchev–Trinajstić information content (AvgIpc) is 3.12. The lowest BCUT2D eigenvalue weighted by Crippen LogP contribution is -2.38. The van der Waals surface area contributed by atoms with Gasteiger partial charge in [-0.3, -0.25) is 9.48 Å². The van der Waals surface area contributed by atoms with Gasteiger partial charge in [0.15, 0.2) is 11.4 Å². The Bertz CT molecular complexity index is 560. The highest BCUT2D eigenvalue weighted by molar-refractivity contribution is 5.98. The van der Waals surface area contributed by atoms with E-state index in [-0.39, 0.29) is 5.56 Å². The van der Waals surface area contributed by atoms with Crippen molar-refractivity contribution >= 4 is 5.78 Å². The van der Waals surface area contributed by atoms with Crippen LogP contribution in [-0.2, 0) is 11.8 Å². The van der Waals surface area contributed by atoms with Crippen LogP contribution in [0.5, 0.6) is 0 Å². The lowest BCUT2D eigenvalue weighted by Gasteiger charge is -2.15. The zero-order chi connectivity index (χ0) is 14.1. The minimum atomic E-state index is -4.50. The van der Waals surface area contributed by atoms with Crippen LogP contribution in [0.25, 0.3) is 0 Å². The average molecular weight is 274 g/mol. The summed E-state index contributed by atoms with van der Waals surface area (Å²) in [5, 5.41) is 3.97. The van der Waals surface area contributed by atoms with Gasteiger partial charge in [0.25, 0.3) is 0 Å². The highest BCUT2D eigenvalue weighted by Gasteiger charge is 2.87. The highest BCUT2D eigenvalue weighted by atomic mass is 19.4. The maximum absolute atomic E-state index is 13.1. The molecule has 7 heteroatoms. The quantitative estimate of drug-likeness (QED) is 0.627. The van der Waals surface area contributed by atoms with Crippen molar-refractivity contribution in [1.29, 1.82) is 0 Å². The molecule has 1 atom stereocenters. The summed E-state index contributed by atoms with van der Waals surface area (Å²) in [6.07, 6.45) is -2.94. The molecule has 2 heterocycles. The largest absolute Gasteiger partial charge is 0.420 e. The molecule has 1 aromatic heterocycles. The van der Waals surface area contributed by atoms with E-state index in [1.807, 2.05) is 0 Å². The molecule has 1 saturated heterocycles. The standard InChI is InChI=1S/C12H13F3N2O2/c1-7-8(6-17(2)16-7)9(18)5-11(12(13,14)15)10(19-11)3-4-10/h6H,3-5H2,1-2H3. The van der Waals surface area contributed by atoms with Gasteiger partial charge in [0.2, 0.25) is 0 Å². The Morgan fingerprint density at radius 3 is 2.53 bits per heavy atom. The molecule has 1 saturated carbocycles. The molecule has 0 amide bonds. The molecular formula is C12H13F3N2O2. The van der Waals surface area contributed by atoms with E-state index in [0.717, 1.165) is 0 Å². The number of ketones is 1. The first kappa shape index (κ1) is 12.7. The lowest BCUT2D eigenvalue weighted by molar-refractivity contribution is -0.183. The van der Waals surface area contributed by atoms with Crippen LogP contribution in [0.15, 0.2) is 6.20 Å². The summed E-state index contributed by atoms with van der Waals surface area (Å²) in [7, 11) is 1.62. The van der Waals surface area contributed by atoms with Crippen LogP contribution in [0.4, 0.5) is 13.2 Å². The normalized spacial score (nSPS) is 27.6. The number of Topliss-reactive ketones (excluding diaryl/α,β-unsaturated/α-hetero) is 1. The fraction of sp³-hybridized carbons (Fsp3) is 0.667. The third-order valence-corrected chi connectivity index (χ3v) is 3.95. The molecule has 0 radical (unpaired) electrons. The van der Waals surface area contributed by atoms with Crippen molar-refractivity contribution in [2.75, 3.05) is 0 Å².